The number of aromatic nitrogens is 1. The lowest BCUT2D eigenvalue weighted by atomic mass is 10.2. The van der Waals surface area contributed by atoms with Gasteiger partial charge in [-0.1, -0.05) is 18.2 Å². The molecule has 0 saturated heterocycles. The van der Waals surface area contributed by atoms with Crippen LogP contribution in [0, 0.1) is 0 Å². The zero-order valence-electron chi connectivity index (χ0n) is 10.8. The molecule has 2 aromatic rings. The van der Waals surface area contributed by atoms with Crippen LogP contribution < -0.4 is 10.9 Å². The Morgan fingerprint density at radius 2 is 2.11 bits per heavy atom. The van der Waals surface area contributed by atoms with E-state index < -0.39 is 0 Å². The van der Waals surface area contributed by atoms with E-state index in [9.17, 15) is 4.79 Å². The molecule has 4 heteroatoms. The maximum atomic E-state index is 11.9. The minimum atomic E-state index is 0.0288. The first-order valence-corrected chi connectivity index (χ1v) is 7.45. The lowest BCUT2D eigenvalue weighted by Crippen LogP contribution is -2.17. The topological polar surface area (TPSA) is 34.0 Å². The van der Waals surface area contributed by atoms with E-state index in [1.807, 2.05) is 43.1 Å². The van der Waals surface area contributed by atoms with E-state index in [0.717, 1.165) is 35.3 Å². The molecular weight excluding hydrogens is 244 g/mol. The van der Waals surface area contributed by atoms with Gasteiger partial charge in [-0.05, 0) is 24.5 Å². The molecule has 0 aliphatic rings. The molecule has 0 aliphatic carbocycles. The normalized spacial score (nSPS) is 10.8. The lowest BCUT2D eigenvalue weighted by Gasteiger charge is -2.11. The third kappa shape index (κ3) is 2.70. The van der Waals surface area contributed by atoms with Crippen LogP contribution in [0.2, 0.25) is 0 Å². The third-order valence-corrected chi connectivity index (χ3v) is 3.69. The SMILES string of the molecule is CSCCCNc1cc(=O)n(C)c2ccccc12. The Bertz CT molecular complexity index is 592. The fraction of sp³-hybridized carbons (Fsp3) is 0.357. The average molecular weight is 262 g/mol. The third-order valence-electron chi connectivity index (χ3n) is 2.99. The fourth-order valence-corrected chi connectivity index (χ4v) is 2.43. The highest BCUT2D eigenvalue weighted by molar-refractivity contribution is 7.98. The summed E-state index contributed by atoms with van der Waals surface area (Å²) in [4.78, 5) is 11.9. The van der Waals surface area contributed by atoms with Crippen LogP contribution >= 0.6 is 11.8 Å². The number of pyridine rings is 1. The Hall–Kier alpha value is -1.42. The zero-order valence-corrected chi connectivity index (χ0v) is 11.6. The van der Waals surface area contributed by atoms with Gasteiger partial charge in [-0.2, -0.15) is 11.8 Å². The van der Waals surface area contributed by atoms with Gasteiger partial charge in [0.1, 0.15) is 0 Å². The molecular formula is C14H18N2OS. The number of nitrogens with one attached hydrogen (secondary N) is 1. The maximum Gasteiger partial charge on any atom is 0.252 e. The van der Waals surface area contributed by atoms with Gasteiger partial charge in [-0.15, -0.1) is 0 Å². The molecule has 1 N–H and O–H groups in total. The van der Waals surface area contributed by atoms with Gasteiger partial charge in [0.2, 0.25) is 0 Å². The molecule has 2 rings (SSSR count). The van der Waals surface area contributed by atoms with E-state index in [0.29, 0.717) is 0 Å². The van der Waals surface area contributed by atoms with Crippen LogP contribution in [-0.4, -0.2) is 23.1 Å². The van der Waals surface area contributed by atoms with E-state index in [2.05, 4.69) is 11.6 Å². The first-order chi connectivity index (χ1) is 8.74. The van der Waals surface area contributed by atoms with Crippen molar-refractivity contribution in [3.8, 4) is 0 Å². The van der Waals surface area contributed by atoms with E-state index in [-0.39, 0.29) is 5.56 Å². The van der Waals surface area contributed by atoms with Gasteiger partial charge in [0.05, 0.1) is 5.52 Å². The summed E-state index contributed by atoms with van der Waals surface area (Å²) in [5.41, 5.74) is 1.94. The Kier molecular flexibility index (Phi) is 4.31. The van der Waals surface area contributed by atoms with E-state index in [4.69, 9.17) is 0 Å². The maximum absolute atomic E-state index is 11.9. The molecule has 18 heavy (non-hydrogen) atoms. The molecule has 0 spiro atoms. The number of aryl methyl sites for hydroxylation is 1. The van der Waals surface area contributed by atoms with Gasteiger partial charge in [0, 0.05) is 30.7 Å². The molecule has 1 aromatic heterocycles. The number of hydrogen-bond donors (Lipinski definition) is 1. The molecule has 0 atom stereocenters. The Morgan fingerprint density at radius 3 is 2.89 bits per heavy atom. The van der Waals surface area contributed by atoms with Crippen LogP contribution in [0.25, 0.3) is 10.9 Å². The van der Waals surface area contributed by atoms with Gasteiger partial charge in [-0.3, -0.25) is 4.79 Å². The number of rotatable bonds is 5. The highest BCUT2D eigenvalue weighted by Crippen LogP contribution is 2.20. The number of nitrogens with zero attached hydrogens (tertiary/aromatic N) is 1. The fourth-order valence-electron chi connectivity index (χ4n) is 2.00. The zero-order chi connectivity index (χ0) is 13.0. The van der Waals surface area contributed by atoms with Crippen molar-refractivity contribution in [2.75, 3.05) is 23.9 Å². The average Bonchev–Trinajstić information content (AvgIpc) is 2.40. The molecule has 1 heterocycles. The standard InChI is InChI=1S/C14H18N2OS/c1-16-13-7-4-3-6-11(13)12(10-14(16)17)15-8-5-9-18-2/h3-4,6-7,10,15H,5,8-9H2,1-2H3. The van der Waals surface area contributed by atoms with E-state index >= 15 is 0 Å². The quantitative estimate of drug-likeness (QED) is 0.841. The smallest absolute Gasteiger partial charge is 0.252 e. The molecule has 0 aliphatic heterocycles. The minimum Gasteiger partial charge on any atom is -0.384 e. The molecule has 0 amide bonds. The van der Waals surface area contributed by atoms with Gasteiger partial charge >= 0.3 is 0 Å². The molecule has 1 aromatic carbocycles. The summed E-state index contributed by atoms with van der Waals surface area (Å²) in [5, 5.41) is 4.46. The number of thioether (sulfide) groups is 1. The minimum absolute atomic E-state index is 0.0288. The van der Waals surface area contributed by atoms with Crippen molar-refractivity contribution in [2.24, 2.45) is 7.05 Å². The Labute approximate surface area is 111 Å². The summed E-state index contributed by atoms with van der Waals surface area (Å²) in [5.74, 6) is 1.13. The van der Waals surface area contributed by atoms with Crippen LogP contribution in [0.4, 0.5) is 5.69 Å². The molecule has 0 radical (unpaired) electrons. The van der Waals surface area contributed by atoms with Crippen molar-refractivity contribution in [1.82, 2.24) is 4.57 Å². The second-order valence-corrected chi connectivity index (χ2v) is 5.23. The summed E-state index contributed by atoms with van der Waals surface area (Å²) in [6, 6.07) is 9.66. The van der Waals surface area contributed by atoms with Crippen molar-refractivity contribution in [2.45, 2.75) is 6.42 Å². The highest BCUT2D eigenvalue weighted by Gasteiger charge is 2.05. The van der Waals surface area contributed by atoms with Gasteiger partial charge < -0.3 is 9.88 Å². The van der Waals surface area contributed by atoms with Crippen molar-refractivity contribution in [3.63, 3.8) is 0 Å². The van der Waals surface area contributed by atoms with Crippen LogP contribution in [-0.2, 0) is 7.05 Å². The van der Waals surface area contributed by atoms with Crippen molar-refractivity contribution < 1.29 is 0 Å². The summed E-state index contributed by atoms with van der Waals surface area (Å²) >= 11 is 1.84. The van der Waals surface area contributed by atoms with Crippen LogP contribution in [0.5, 0.6) is 0 Å². The number of anilines is 1. The molecule has 0 saturated carbocycles. The Balaban J connectivity index is 2.32. The predicted octanol–water partition coefficient (Wildman–Crippen LogP) is 2.70. The summed E-state index contributed by atoms with van der Waals surface area (Å²) in [6.07, 6.45) is 3.21. The summed E-state index contributed by atoms with van der Waals surface area (Å²) < 4.78 is 1.68. The summed E-state index contributed by atoms with van der Waals surface area (Å²) in [7, 11) is 1.81. The van der Waals surface area contributed by atoms with E-state index in [1.54, 1.807) is 10.6 Å². The first-order valence-electron chi connectivity index (χ1n) is 6.05. The first kappa shape index (κ1) is 13.0. The predicted molar refractivity (Wildman–Crippen MR) is 80.7 cm³/mol. The molecule has 96 valence electrons. The van der Waals surface area contributed by atoms with Crippen LogP contribution in [0.15, 0.2) is 35.1 Å². The second-order valence-electron chi connectivity index (χ2n) is 4.25. The number of benzene rings is 1. The number of hydrogen-bond acceptors (Lipinski definition) is 3. The van der Waals surface area contributed by atoms with Gasteiger partial charge in [0.25, 0.3) is 5.56 Å². The second kappa shape index (κ2) is 5.96. The van der Waals surface area contributed by atoms with Crippen molar-refractivity contribution in [1.29, 1.82) is 0 Å². The lowest BCUT2D eigenvalue weighted by molar-refractivity contribution is 0.904. The van der Waals surface area contributed by atoms with Crippen molar-refractivity contribution in [3.05, 3.63) is 40.7 Å². The van der Waals surface area contributed by atoms with Crippen molar-refractivity contribution >= 4 is 28.4 Å². The molecule has 0 bridgehead atoms. The highest BCUT2D eigenvalue weighted by atomic mass is 32.2. The molecule has 3 nitrogen and oxygen atoms in total. The number of fused-ring (bicyclic) bond motifs is 1. The molecule has 0 fully saturated rings. The van der Waals surface area contributed by atoms with Gasteiger partial charge in [-0.25, -0.2) is 0 Å². The van der Waals surface area contributed by atoms with Gasteiger partial charge in [0.15, 0.2) is 0 Å². The van der Waals surface area contributed by atoms with Crippen LogP contribution in [0.3, 0.4) is 0 Å². The largest absolute Gasteiger partial charge is 0.384 e. The Morgan fingerprint density at radius 1 is 1.33 bits per heavy atom. The van der Waals surface area contributed by atoms with E-state index in [1.165, 1.54) is 0 Å². The number of para-hydroxylation sites is 1. The molecule has 0 unspecified atom stereocenters. The summed E-state index contributed by atoms with van der Waals surface area (Å²) in [6.45, 7) is 0.901. The monoisotopic (exact) mass is 262 g/mol. The van der Waals surface area contributed by atoms with Crippen LogP contribution in [0.1, 0.15) is 6.42 Å².